The number of rotatable bonds is 10. The number of hydrogen-bond acceptors (Lipinski definition) is 3. The number of benzene rings is 1. The number of anilines is 1. The van der Waals surface area contributed by atoms with Crippen molar-refractivity contribution in [2.24, 2.45) is 0 Å². The van der Waals surface area contributed by atoms with E-state index in [0.29, 0.717) is 0 Å². The SMILES string of the molecule is O=C(Nc1nc(-c2ccc(Cl)c(Cl)c2)cs1)C(F)(F)C(F)(F)C(F)(F)C(F)(F)C(F)(F)C(F)(F)C(F)(F)C(F)(F)Cl. The molecule has 1 amide bonds. The lowest BCUT2D eigenvalue weighted by molar-refractivity contribution is -0.445. The highest BCUT2D eigenvalue weighted by Gasteiger charge is 2.95. The second kappa shape index (κ2) is 10.4. The van der Waals surface area contributed by atoms with Crippen LogP contribution in [0.15, 0.2) is 23.6 Å². The van der Waals surface area contributed by atoms with Crippen LogP contribution < -0.4 is 5.32 Å². The fourth-order valence-electron chi connectivity index (χ4n) is 2.60. The minimum atomic E-state index is -8.68. The molecule has 0 atom stereocenters. The molecule has 0 saturated heterocycles. The highest BCUT2D eigenvalue weighted by atomic mass is 35.5. The molecule has 0 saturated carbocycles. The van der Waals surface area contributed by atoms with Gasteiger partial charge in [0.25, 0.3) is 0 Å². The van der Waals surface area contributed by atoms with Crippen LogP contribution in [0.5, 0.6) is 0 Å². The lowest BCUT2D eigenvalue weighted by Gasteiger charge is -2.42. The van der Waals surface area contributed by atoms with E-state index in [4.69, 9.17) is 23.2 Å². The summed E-state index contributed by atoms with van der Waals surface area (Å²) in [5, 5.41) is -6.45. The minimum absolute atomic E-state index is 0.00204. The van der Waals surface area contributed by atoms with Crippen LogP contribution in [-0.2, 0) is 4.79 Å². The number of hydrogen-bond donors (Lipinski definition) is 1. The fraction of sp³-hybridized carbons (Fsp3) is 0.444. The van der Waals surface area contributed by atoms with Gasteiger partial charge in [-0.15, -0.1) is 11.3 Å². The maximum absolute atomic E-state index is 14.1. The molecule has 2 rings (SSSR count). The van der Waals surface area contributed by atoms with E-state index in [1.807, 2.05) is 0 Å². The first-order chi connectivity index (χ1) is 18.0. The first kappa shape index (κ1) is 35.3. The Hall–Kier alpha value is -1.93. The number of thiazole rings is 1. The Morgan fingerprint density at radius 1 is 0.683 bits per heavy atom. The zero-order chi connectivity index (χ0) is 32.4. The van der Waals surface area contributed by atoms with E-state index >= 15 is 0 Å². The van der Waals surface area contributed by atoms with Gasteiger partial charge in [0.15, 0.2) is 5.13 Å². The first-order valence-electron chi connectivity index (χ1n) is 9.46. The molecule has 0 bridgehead atoms. The average molecular weight is 708 g/mol. The van der Waals surface area contributed by atoms with E-state index in [1.165, 1.54) is 12.1 Å². The smallest absolute Gasteiger partial charge is 0.296 e. The van der Waals surface area contributed by atoms with Crippen molar-refractivity contribution in [3.63, 3.8) is 0 Å². The summed E-state index contributed by atoms with van der Waals surface area (Å²) in [6.07, 6.45) is 0. The van der Waals surface area contributed by atoms with E-state index in [0.717, 1.165) is 16.8 Å². The van der Waals surface area contributed by atoms with Gasteiger partial charge in [0.2, 0.25) is 0 Å². The summed E-state index contributed by atoms with van der Waals surface area (Å²) in [5.74, 6) is -61.0. The summed E-state index contributed by atoms with van der Waals surface area (Å²) >= 11 is 14.9. The summed E-state index contributed by atoms with van der Waals surface area (Å²) in [7, 11) is 0. The number of aromatic nitrogens is 1. The number of nitrogens with zero attached hydrogens (tertiary/aromatic N) is 1. The number of amides is 1. The molecule has 2 aromatic rings. The molecule has 0 aliphatic heterocycles. The summed E-state index contributed by atoms with van der Waals surface area (Å²) in [5.41, 5.74) is -0.239. The zero-order valence-corrected chi connectivity index (χ0v) is 21.3. The van der Waals surface area contributed by atoms with Gasteiger partial charge >= 0.3 is 52.7 Å². The summed E-state index contributed by atoms with van der Waals surface area (Å²) in [6, 6.07) is 3.48. The maximum Gasteiger partial charge on any atom is 0.393 e. The number of carbonyl (C=O) groups excluding carboxylic acids is 1. The second-order valence-corrected chi connectivity index (χ2v) is 9.79. The molecule has 1 aromatic carbocycles. The van der Waals surface area contributed by atoms with Gasteiger partial charge in [0, 0.05) is 10.9 Å². The Balaban J connectivity index is 2.46. The van der Waals surface area contributed by atoms with Gasteiger partial charge in [0.05, 0.1) is 15.7 Å². The van der Waals surface area contributed by atoms with Crippen LogP contribution in [0.3, 0.4) is 0 Å². The molecule has 232 valence electrons. The van der Waals surface area contributed by atoms with Crippen LogP contribution in [0.4, 0.5) is 75.4 Å². The van der Waals surface area contributed by atoms with Gasteiger partial charge in [-0.3, -0.25) is 10.1 Å². The number of carbonyl (C=O) groups is 1. The second-order valence-electron chi connectivity index (χ2n) is 7.64. The van der Waals surface area contributed by atoms with Crippen LogP contribution in [0, 0.1) is 0 Å². The average Bonchev–Trinajstić information content (AvgIpc) is 3.27. The molecule has 1 aromatic heterocycles. The lowest BCUT2D eigenvalue weighted by atomic mass is 9.89. The number of alkyl halides is 17. The molecule has 3 nitrogen and oxygen atoms in total. The monoisotopic (exact) mass is 706 g/mol. The minimum Gasteiger partial charge on any atom is -0.296 e. The van der Waals surface area contributed by atoms with Crippen LogP contribution in [0.1, 0.15) is 0 Å². The van der Waals surface area contributed by atoms with Gasteiger partial charge in [-0.2, -0.15) is 70.2 Å². The molecule has 0 unspecified atom stereocenters. The van der Waals surface area contributed by atoms with E-state index in [1.54, 1.807) is 0 Å². The predicted molar refractivity (Wildman–Crippen MR) is 112 cm³/mol. The van der Waals surface area contributed by atoms with E-state index in [9.17, 15) is 75.0 Å². The molecule has 0 radical (unpaired) electrons. The summed E-state index contributed by atoms with van der Waals surface area (Å²) in [6.45, 7) is 0. The Morgan fingerprint density at radius 3 is 1.56 bits per heavy atom. The van der Waals surface area contributed by atoms with E-state index in [2.05, 4.69) is 16.6 Å². The van der Waals surface area contributed by atoms with Gasteiger partial charge in [-0.25, -0.2) is 4.98 Å². The van der Waals surface area contributed by atoms with E-state index in [-0.39, 0.29) is 32.6 Å². The molecule has 1 heterocycles. The van der Waals surface area contributed by atoms with Crippen LogP contribution in [0.25, 0.3) is 11.3 Å². The van der Waals surface area contributed by atoms with Crippen molar-refractivity contribution in [1.82, 2.24) is 4.98 Å². The van der Waals surface area contributed by atoms with Crippen molar-refractivity contribution in [3.8, 4) is 11.3 Å². The predicted octanol–water partition coefficient (Wildman–Crippen LogP) is 9.33. The van der Waals surface area contributed by atoms with Crippen LogP contribution in [-0.4, -0.2) is 57.7 Å². The van der Waals surface area contributed by atoms with Crippen molar-refractivity contribution >= 4 is 57.2 Å². The third-order valence-corrected chi connectivity index (χ3v) is 6.68. The largest absolute Gasteiger partial charge is 0.393 e. The maximum atomic E-state index is 14.1. The third-order valence-electron chi connectivity index (χ3n) is 4.95. The summed E-state index contributed by atoms with van der Waals surface area (Å²) < 4.78 is 217. The Kier molecular flexibility index (Phi) is 8.91. The van der Waals surface area contributed by atoms with Crippen molar-refractivity contribution in [3.05, 3.63) is 33.6 Å². The highest BCUT2D eigenvalue weighted by Crippen LogP contribution is 2.64. The normalized spacial score (nSPS) is 14.8. The Morgan fingerprint density at radius 2 is 1.12 bits per heavy atom. The van der Waals surface area contributed by atoms with Gasteiger partial charge in [-0.05, 0) is 23.7 Å². The molecule has 0 spiro atoms. The molecule has 0 aliphatic rings. The quantitative estimate of drug-likeness (QED) is 0.198. The van der Waals surface area contributed by atoms with Gasteiger partial charge in [0.1, 0.15) is 0 Å². The van der Waals surface area contributed by atoms with Crippen molar-refractivity contribution in [1.29, 1.82) is 0 Å². The van der Waals surface area contributed by atoms with Crippen molar-refractivity contribution < 1.29 is 75.0 Å². The standard InChI is InChI=1S/C18H5Cl3F16N2OS/c19-6-2-1-5(3-7(6)20)8-4-41-10(38-8)39-9(40)11(22,23)12(24,25)13(26,27)14(28,29)15(30,31)16(32,33)17(34,35)18(21,36)37/h1-4H,(H,38,39,40). The Bertz CT molecular complexity index is 1310. The van der Waals surface area contributed by atoms with Crippen molar-refractivity contribution in [2.45, 2.75) is 46.8 Å². The topological polar surface area (TPSA) is 42.0 Å². The van der Waals surface area contributed by atoms with E-state index < -0.39 is 57.9 Å². The fourth-order valence-corrected chi connectivity index (χ4v) is 3.73. The molecular formula is C18H5Cl3F16N2OS. The molecule has 0 fully saturated rings. The van der Waals surface area contributed by atoms with Crippen LogP contribution in [0.2, 0.25) is 10.0 Å². The summed E-state index contributed by atoms with van der Waals surface area (Å²) in [4.78, 5) is 15.1. The van der Waals surface area contributed by atoms with Crippen LogP contribution >= 0.6 is 46.1 Å². The number of nitrogens with one attached hydrogen (secondary N) is 1. The van der Waals surface area contributed by atoms with Crippen molar-refractivity contribution in [2.75, 3.05) is 5.32 Å². The molecule has 23 heteroatoms. The number of halogens is 19. The third kappa shape index (κ3) is 5.26. The van der Waals surface area contributed by atoms with Gasteiger partial charge < -0.3 is 0 Å². The molecule has 41 heavy (non-hydrogen) atoms. The first-order valence-corrected chi connectivity index (χ1v) is 11.5. The zero-order valence-electron chi connectivity index (χ0n) is 18.3. The highest BCUT2D eigenvalue weighted by molar-refractivity contribution is 7.14. The van der Waals surface area contributed by atoms with Gasteiger partial charge in [-0.1, -0.05) is 29.3 Å². The molecule has 1 N–H and O–H groups in total. The lowest BCUT2D eigenvalue weighted by Crippen LogP contribution is -2.75. The molecular weight excluding hydrogens is 703 g/mol. The molecule has 0 aliphatic carbocycles. The Labute approximate surface area is 234 Å².